The van der Waals surface area contributed by atoms with E-state index in [0.29, 0.717) is 6.54 Å². The van der Waals surface area contributed by atoms with Crippen molar-refractivity contribution >= 4 is 23.0 Å². The van der Waals surface area contributed by atoms with Crippen molar-refractivity contribution in [2.24, 2.45) is 19.5 Å². The summed E-state index contributed by atoms with van der Waals surface area (Å²) in [4.78, 5) is 44.5. The maximum atomic E-state index is 12.4. The summed E-state index contributed by atoms with van der Waals surface area (Å²) in [6, 6.07) is 0. The van der Waals surface area contributed by atoms with Crippen LogP contribution in [-0.2, 0) is 18.9 Å². The summed E-state index contributed by atoms with van der Waals surface area (Å²) in [6.07, 6.45) is 0. The van der Waals surface area contributed by atoms with Gasteiger partial charge in [-0.3, -0.25) is 18.7 Å². The number of rotatable bonds is 4. The summed E-state index contributed by atoms with van der Waals surface area (Å²) in [5.74, 6) is -1.77. The first kappa shape index (κ1) is 18.6. The van der Waals surface area contributed by atoms with Crippen molar-refractivity contribution in [1.29, 1.82) is 0 Å². The molecule has 0 aliphatic rings. The number of carboxylic acid groups (broad SMARTS) is 1. The molecule has 0 saturated heterocycles. The zero-order valence-electron chi connectivity index (χ0n) is 15.2. The molecule has 2 aromatic heterocycles. The van der Waals surface area contributed by atoms with E-state index in [-0.39, 0.29) is 28.1 Å². The number of aliphatic carboxylic acids is 1. The minimum atomic E-state index is -1.07. The molecule has 1 unspecified atom stereocenters. The fourth-order valence-corrected chi connectivity index (χ4v) is 2.28. The summed E-state index contributed by atoms with van der Waals surface area (Å²) >= 11 is 0. The van der Waals surface area contributed by atoms with Crippen LogP contribution >= 0.6 is 0 Å². The number of hydrogen-bond acceptors (Lipinski definition) is 6. The van der Waals surface area contributed by atoms with Crippen LogP contribution in [0.25, 0.3) is 11.2 Å². The smallest absolute Gasteiger partial charge is 0.332 e. The van der Waals surface area contributed by atoms with Crippen LogP contribution in [0.1, 0.15) is 39.3 Å². The van der Waals surface area contributed by atoms with Gasteiger partial charge < -0.3 is 10.4 Å². The minimum absolute atomic E-state index is 0.0333. The lowest BCUT2D eigenvalue weighted by molar-refractivity contribution is -0.138. The molecule has 0 spiro atoms. The van der Waals surface area contributed by atoms with Gasteiger partial charge in [0.25, 0.3) is 5.56 Å². The lowest BCUT2D eigenvalue weighted by Gasteiger charge is -2.21. The van der Waals surface area contributed by atoms with Crippen LogP contribution in [0.2, 0.25) is 0 Å². The number of fused-ring (bicyclic) bond motifs is 1. The number of hydrogen-bond donors (Lipinski definition) is 2. The van der Waals surface area contributed by atoms with Crippen molar-refractivity contribution in [3.8, 4) is 0 Å². The third kappa shape index (κ3) is 3.54. The molecule has 2 rings (SSSR count). The summed E-state index contributed by atoms with van der Waals surface area (Å²) in [7, 11) is 2.84. The molecule has 0 aliphatic heterocycles. The first-order valence-electron chi connectivity index (χ1n) is 7.88. The van der Waals surface area contributed by atoms with Gasteiger partial charge in [-0.25, -0.2) is 14.8 Å². The van der Waals surface area contributed by atoms with Crippen LogP contribution in [0, 0.1) is 5.41 Å². The standard InChI is InChI=1S/C16H23N5O4/c1-8(14(23)24)9-11(17-7-16(2,3)4)19-12-10(18-9)13(22)21(6)15(25)20(12)5/h8H,7H2,1-6H3,(H,17,19)(H,23,24). The maximum absolute atomic E-state index is 12.4. The minimum Gasteiger partial charge on any atom is -0.481 e. The Morgan fingerprint density at radius 1 is 1.20 bits per heavy atom. The Bertz CT molecular complexity index is 952. The summed E-state index contributed by atoms with van der Waals surface area (Å²) in [5, 5.41) is 12.4. The molecule has 2 heterocycles. The molecule has 136 valence electrons. The number of anilines is 1. The highest BCUT2D eigenvalue weighted by Crippen LogP contribution is 2.24. The van der Waals surface area contributed by atoms with Crippen molar-refractivity contribution < 1.29 is 9.90 Å². The van der Waals surface area contributed by atoms with Crippen LogP contribution in [0.4, 0.5) is 5.82 Å². The van der Waals surface area contributed by atoms with E-state index in [9.17, 15) is 19.5 Å². The van der Waals surface area contributed by atoms with Gasteiger partial charge in [0.1, 0.15) is 0 Å². The molecule has 0 bridgehead atoms. The molecule has 2 N–H and O–H groups in total. The Morgan fingerprint density at radius 2 is 1.80 bits per heavy atom. The van der Waals surface area contributed by atoms with E-state index in [1.54, 1.807) is 0 Å². The second-order valence-corrected chi connectivity index (χ2v) is 7.31. The average molecular weight is 349 g/mol. The number of nitrogens with zero attached hydrogens (tertiary/aromatic N) is 4. The molecule has 0 fully saturated rings. The molecule has 9 nitrogen and oxygen atoms in total. The van der Waals surface area contributed by atoms with Gasteiger partial charge in [0.05, 0.1) is 11.6 Å². The summed E-state index contributed by atoms with van der Waals surface area (Å²) < 4.78 is 2.15. The number of aromatic nitrogens is 4. The fourth-order valence-electron chi connectivity index (χ4n) is 2.28. The summed E-state index contributed by atoms with van der Waals surface area (Å²) in [6.45, 7) is 8.04. The fraction of sp³-hybridized carbons (Fsp3) is 0.562. The van der Waals surface area contributed by atoms with Crippen molar-refractivity contribution in [3.05, 3.63) is 26.5 Å². The first-order chi connectivity index (χ1) is 11.4. The number of carbonyl (C=O) groups is 1. The van der Waals surface area contributed by atoms with Gasteiger partial charge in [-0.15, -0.1) is 0 Å². The van der Waals surface area contributed by atoms with Crippen LogP contribution in [-0.4, -0.2) is 36.7 Å². The van der Waals surface area contributed by atoms with E-state index >= 15 is 0 Å². The van der Waals surface area contributed by atoms with Crippen molar-refractivity contribution in [3.63, 3.8) is 0 Å². The van der Waals surface area contributed by atoms with E-state index < -0.39 is 23.1 Å². The van der Waals surface area contributed by atoms with Crippen LogP contribution in [0.5, 0.6) is 0 Å². The van der Waals surface area contributed by atoms with Gasteiger partial charge in [0.2, 0.25) is 0 Å². The third-order valence-electron chi connectivity index (χ3n) is 3.87. The van der Waals surface area contributed by atoms with Crippen molar-refractivity contribution in [2.45, 2.75) is 33.6 Å². The molecular formula is C16H23N5O4. The predicted octanol–water partition coefficient (Wildman–Crippen LogP) is 0.673. The van der Waals surface area contributed by atoms with Gasteiger partial charge in [0, 0.05) is 20.6 Å². The number of carboxylic acids is 1. The van der Waals surface area contributed by atoms with E-state index in [4.69, 9.17) is 0 Å². The van der Waals surface area contributed by atoms with Gasteiger partial charge in [-0.05, 0) is 12.3 Å². The average Bonchev–Trinajstić information content (AvgIpc) is 2.53. The van der Waals surface area contributed by atoms with Crippen molar-refractivity contribution in [2.75, 3.05) is 11.9 Å². The molecule has 25 heavy (non-hydrogen) atoms. The Hall–Kier alpha value is -2.71. The molecule has 0 aliphatic carbocycles. The summed E-state index contributed by atoms with van der Waals surface area (Å²) in [5.41, 5.74) is -0.960. The quantitative estimate of drug-likeness (QED) is 0.832. The lowest BCUT2D eigenvalue weighted by atomic mass is 9.97. The van der Waals surface area contributed by atoms with E-state index in [0.717, 1.165) is 4.57 Å². The zero-order chi connectivity index (χ0) is 19.1. The Balaban J connectivity index is 2.80. The van der Waals surface area contributed by atoms with Gasteiger partial charge >= 0.3 is 11.7 Å². The van der Waals surface area contributed by atoms with Crippen LogP contribution in [0.3, 0.4) is 0 Å². The molecular weight excluding hydrogens is 326 g/mol. The monoisotopic (exact) mass is 349 g/mol. The second-order valence-electron chi connectivity index (χ2n) is 7.31. The molecule has 9 heteroatoms. The van der Waals surface area contributed by atoms with Gasteiger partial charge in [-0.2, -0.15) is 0 Å². The normalized spacial score (nSPS) is 13.0. The molecule has 1 atom stereocenters. The van der Waals surface area contributed by atoms with Crippen LogP contribution in [0.15, 0.2) is 9.59 Å². The molecule has 0 saturated carbocycles. The van der Waals surface area contributed by atoms with E-state index in [2.05, 4.69) is 15.3 Å². The SMILES string of the molecule is CC(C(=O)O)c1nc2c(=O)n(C)c(=O)n(C)c2nc1NCC(C)(C)C. The molecule has 0 aromatic carbocycles. The first-order valence-corrected chi connectivity index (χ1v) is 7.88. The second kappa shape index (κ2) is 6.30. The zero-order valence-corrected chi connectivity index (χ0v) is 15.2. The number of aryl methyl sites for hydroxylation is 1. The van der Waals surface area contributed by atoms with E-state index in [1.165, 1.54) is 25.6 Å². The highest BCUT2D eigenvalue weighted by Gasteiger charge is 2.24. The highest BCUT2D eigenvalue weighted by molar-refractivity contribution is 5.79. The highest BCUT2D eigenvalue weighted by atomic mass is 16.4. The Morgan fingerprint density at radius 3 is 2.32 bits per heavy atom. The molecule has 2 aromatic rings. The molecule has 0 radical (unpaired) electrons. The van der Waals surface area contributed by atoms with Gasteiger partial charge in [0.15, 0.2) is 17.0 Å². The predicted molar refractivity (Wildman–Crippen MR) is 94.0 cm³/mol. The Kier molecular flexibility index (Phi) is 4.70. The lowest BCUT2D eigenvalue weighted by Crippen LogP contribution is -2.38. The maximum Gasteiger partial charge on any atom is 0.332 e. The molecule has 0 amide bonds. The van der Waals surface area contributed by atoms with E-state index in [1.807, 2.05) is 20.8 Å². The largest absolute Gasteiger partial charge is 0.481 e. The Labute approximate surface area is 144 Å². The topological polar surface area (TPSA) is 119 Å². The van der Waals surface area contributed by atoms with Crippen LogP contribution < -0.4 is 16.6 Å². The van der Waals surface area contributed by atoms with Crippen molar-refractivity contribution in [1.82, 2.24) is 19.1 Å². The third-order valence-corrected chi connectivity index (χ3v) is 3.87. The van der Waals surface area contributed by atoms with Gasteiger partial charge in [-0.1, -0.05) is 20.8 Å². The number of nitrogens with one attached hydrogen (secondary N) is 1.